The summed E-state index contributed by atoms with van der Waals surface area (Å²) in [5.74, 6) is 1.06. The van der Waals surface area contributed by atoms with Crippen molar-refractivity contribution in [3.63, 3.8) is 0 Å². The second kappa shape index (κ2) is 5.74. The van der Waals surface area contributed by atoms with Crippen molar-refractivity contribution in [2.45, 2.75) is 38.5 Å². The molecule has 0 aliphatic carbocycles. The average Bonchev–Trinajstić information content (AvgIpc) is 2.67. The molecule has 2 N–H and O–H groups in total. The van der Waals surface area contributed by atoms with Gasteiger partial charge in [0.15, 0.2) is 0 Å². The largest absolute Gasteiger partial charge is 0.399 e. The highest BCUT2D eigenvalue weighted by Gasteiger charge is 2.14. The van der Waals surface area contributed by atoms with Crippen LogP contribution in [-0.4, -0.2) is 25.3 Å². The van der Waals surface area contributed by atoms with Crippen molar-refractivity contribution < 1.29 is 4.21 Å². The number of hydrogen-bond acceptors (Lipinski definition) is 3. The molecule has 0 fully saturated rings. The molecule has 1 aromatic carbocycles. The minimum Gasteiger partial charge on any atom is -0.399 e. The van der Waals surface area contributed by atoms with Gasteiger partial charge in [0.1, 0.15) is 5.82 Å². The predicted molar refractivity (Wildman–Crippen MR) is 81.7 cm³/mol. The van der Waals surface area contributed by atoms with Gasteiger partial charge in [0.2, 0.25) is 0 Å². The number of fused-ring (bicyclic) bond motifs is 1. The number of imidazole rings is 1. The van der Waals surface area contributed by atoms with Gasteiger partial charge in [-0.3, -0.25) is 4.21 Å². The number of nitrogens with two attached hydrogens (primary N) is 1. The van der Waals surface area contributed by atoms with Gasteiger partial charge < -0.3 is 10.3 Å². The number of nitrogens with zero attached hydrogens (tertiary/aromatic N) is 2. The number of benzene rings is 1. The van der Waals surface area contributed by atoms with E-state index in [2.05, 4.69) is 16.5 Å². The van der Waals surface area contributed by atoms with E-state index in [9.17, 15) is 4.21 Å². The van der Waals surface area contributed by atoms with Crippen LogP contribution in [0.1, 0.15) is 26.1 Å². The van der Waals surface area contributed by atoms with E-state index in [0.29, 0.717) is 0 Å². The van der Waals surface area contributed by atoms with Gasteiger partial charge in [0.25, 0.3) is 0 Å². The van der Waals surface area contributed by atoms with Gasteiger partial charge in [-0.1, -0.05) is 6.92 Å². The number of anilines is 1. The zero-order valence-corrected chi connectivity index (χ0v) is 12.5. The Balaban J connectivity index is 2.48. The Morgan fingerprint density at radius 2 is 2.21 bits per heavy atom. The maximum Gasteiger partial charge on any atom is 0.109 e. The normalized spacial score (nSPS) is 14.7. The summed E-state index contributed by atoms with van der Waals surface area (Å²) in [4.78, 5) is 4.66. The Hall–Kier alpha value is -1.36. The minimum absolute atomic E-state index is 0.116. The van der Waals surface area contributed by atoms with Gasteiger partial charge >= 0.3 is 0 Å². The molecular weight excluding hydrogens is 258 g/mol. The molecule has 4 nitrogen and oxygen atoms in total. The molecule has 19 heavy (non-hydrogen) atoms. The van der Waals surface area contributed by atoms with E-state index in [1.807, 2.05) is 25.1 Å². The van der Waals surface area contributed by atoms with Crippen molar-refractivity contribution in [2.75, 3.05) is 12.0 Å². The van der Waals surface area contributed by atoms with Crippen LogP contribution in [0.25, 0.3) is 11.0 Å². The van der Waals surface area contributed by atoms with Crippen molar-refractivity contribution in [2.24, 2.45) is 0 Å². The van der Waals surface area contributed by atoms with Crippen LogP contribution in [0.3, 0.4) is 0 Å². The third-order valence-electron chi connectivity index (χ3n) is 3.33. The molecule has 1 aromatic heterocycles. The standard InChI is InChI=1S/C14H21N3OS/c1-4-5-14-16-12-8-11(15)6-7-13(12)17(14)9-10(2)19(3)18/h6-8,10H,4-5,9,15H2,1-3H3. The molecule has 2 atom stereocenters. The van der Waals surface area contributed by atoms with Crippen molar-refractivity contribution in [3.8, 4) is 0 Å². The van der Waals surface area contributed by atoms with E-state index in [0.717, 1.165) is 41.9 Å². The van der Waals surface area contributed by atoms with Crippen LogP contribution >= 0.6 is 0 Å². The fourth-order valence-corrected chi connectivity index (χ4v) is 2.54. The predicted octanol–water partition coefficient (Wildman–Crippen LogP) is 2.34. The lowest BCUT2D eigenvalue weighted by Crippen LogP contribution is -2.19. The van der Waals surface area contributed by atoms with E-state index in [1.165, 1.54) is 0 Å². The summed E-state index contributed by atoms with van der Waals surface area (Å²) in [5.41, 5.74) is 8.54. The summed E-state index contributed by atoms with van der Waals surface area (Å²) in [7, 11) is -0.828. The summed E-state index contributed by atoms with van der Waals surface area (Å²) < 4.78 is 13.8. The number of hydrogen-bond donors (Lipinski definition) is 1. The molecule has 5 heteroatoms. The summed E-state index contributed by atoms with van der Waals surface area (Å²) >= 11 is 0. The Labute approximate surface area is 116 Å². The van der Waals surface area contributed by atoms with Crippen molar-refractivity contribution in [1.82, 2.24) is 9.55 Å². The highest BCUT2D eigenvalue weighted by Crippen LogP contribution is 2.21. The van der Waals surface area contributed by atoms with Crippen LogP contribution < -0.4 is 5.73 Å². The van der Waals surface area contributed by atoms with Crippen molar-refractivity contribution in [3.05, 3.63) is 24.0 Å². The van der Waals surface area contributed by atoms with Crippen LogP contribution in [0.15, 0.2) is 18.2 Å². The monoisotopic (exact) mass is 279 g/mol. The second-order valence-electron chi connectivity index (χ2n) is 4.95. The van der Waals surface area contributed by atoms with Gasteiger partial charge in [-0.15, -0.1) is 0 Å². The van der Waals surface area contributed by atoms with Crippen LogP contribution in [0, 0.1) is 0 Å². The summed E-state index contributed by atoms with van der Waals surface area (Å²) in [5, 5.41) is 0.116. The lowest BCUT2D eigenvalue weighted by molar-refractivity contribution is 0.628. The Morgan fingerprint density at radius 1 is 1.47 bits per heavy atom. The van der Waals surface area contributed by atoms with Gasteiger partial charge in [-0.2, -0.15) is 0 Å². The molecule has 0 spiro atoms. The third kappa shape index (κ3) is 2.97. The zero-order chi connectivity index (χ0) is 14.0. The van der Waals surface area contributed by atoms with Gasteiger partial charge in [0, 0.05) is 41.0 Å². The lowest BCUT2D eigenvalue weighted by atomic mass is 10.3. The first kappa shape index (κ1) is 14.1. The molecule has 0 aliphatic heterocycles. The molecule has 0 bridgehead atoms. The van der Waals surface area contributed by atoms with Crippen LogP contribution in [-0.2, 0) is 23.8 Å². The molecule has 2 rings (SSSR count). The van der Waals surface area contributed by atoms with Gasteiger partial charge in [-0.25, -0.2) is 4.98 Å². The van der Waals surface area contributed by atoms with Crippen molar-refractivity contribution >= 4 is 27.5 Å². The third-order valence-corrected chi connectivity index (χ3v) is 4.61. The van der Waals surface area contributed by atoms with Gasteiger partial charge in [-0.05, 0) is 31.5 Å². The smallest absolute Gasteiger partial charge is 0.109 e. The maximum absolute atomic E-state index is 11.6. The molecule has 1 heterocycles. The van der Waals surface area contributed by atoms with E-state index in [4.69, 9.17) is 5.73 Å². The summed E-state index contributed by atoms with van der Waals surface area (Å²) in [6.45, 7) is 4.88. The molecule has 0 aliphatic rings. The van der Waals surface area contributed by atoms with Crippen LogP contribution in [0.4, 0.5) is 5.69 Å². The van der Waals surface area contributed by atoms with Gasteiger partial charge in [0.05, 0.1) is 11.0 Å². The van der Waals surface area contributed by atoms with Crippen LogP contribution in [0.2, 0.25) is 0 Å². The fourth-order valence-electron chi connectivity index (χ4n) is 2.18. The molecular formula is C14H21N3OS. The number of aryl methyl sites for hydroxylation is 1. The molecule has 2 unspecified atom stereocenters. The number of aromatic nitrogens is 2. The lowest BCUT2D eigenvalue weighted by Gasteiger charge is -2.13. The highest BCUT2D eigenvalue weighted by molar-refractivity contribution is 7.84. The van der Waals surface area contributed by atoms with E-state index in [1.54, 1.807) is 6.26 Å². The van der Waals surface area contributed by atoms with Crippen molar-refractivity contribution in [1.29, 1.82) is 0 Å². The molecule has 104 valence electrons. The molecule has 2 aromatic rings. The summed E-state index contributed by atoms with van der Waals surface area (Å²) in [6.07, 6.45) is 3.72. The van der Waals surface area contributed by atoms with Crippen LogP contribution in [0.5, 0.6) is 0 Å². The zero-order valence-electron chi connectivity index (χ0n) is 11.7. The van der Waals surface area contributed by atoms with E-state index < -0.39 is 10.8 Å². The molecule has 0 saturated heterocycles. The topological polar surface area (TPSA) is 60.9 Å². The number of rotatable bonds is 5. The number of nitrogen functional groups attached to an aromatic ring is 1. The second-order valence-corrected chi connectivity index (χ2v) is 6.75. The highest BCUT2D eigenvalue weighted by atomic mass is 32.2. The van der Waals surface area contributed by atoms with E-state index in [-0.39, 0.29) is 5.25 Å². The Kier molecular flexibility index (Phi) is 4.24. The first-order valence-corrected chi connectivity index (χ1v) is 8.22. The first-order valence-electron chi connectivity index (χ1n) is 6.59. The summed E-state index contributed by atoms with van der Waals surface area (Å²) in [6, 6.07) is 5.80. The average molecular weight is 279 g/mol. The maximum atomic E-state index is 11.6. The molecule has 0 amide bonds. The minimum atomic E-state index is -0.828. The fraction of sp³-hybridized carbons (Fsp3) is 0.500. The first-order chi connectivity index (χ1) is 9.02. The SMILES string of the molecule is CCCc1nc2cc(N)ccc2n1CC(C)S(C)=O. The molecule has 0 saturated carbocycles. The Bertz CT molecular complexity index is 606. The Morgan fingerprint density at radius 3 is 2.84 bits per heavy atom. The van der Waals surface area contributed by atoms with E-state index >= 15 is 0 Å². The quantitative estimate of drug-likeness (QED) is 0.855. The molecule has 0 radical (unpaired) electrons.